The molecule has 5 heteroatoms. The van der Waals surface area contributed by atoms with Gasteiger partial charge in [0, 0.05) is 17.8 Å². The highest BCUT2D eigenvalue weighted by Crippen LogP contribution is 2.27. The number of fused-ring (bicyclic) bond motifs is 2. The summed E-state index contributed by atoms with van der Waals surface area (Å²) in [7, 11) is 0. The molecule has 3 rings (SSSR count). The van der Waals surface area contributed by atoms with Gasteiger partial charge in [-0.15, -0.1) is 0 Å². The fraction of sp³-hybridized carbons (Fsp3) is 0.231. The van der Waals surface area contributed by atoms with Crippen LogP contribution in [0, 0.1) is 6.92 Å². The van der Waals surface area contributed by atoms with Crippen molar-refractivity contribution in [3.05, 3.63) is 46.4 Å². The molecular weight excluding hydrogens is 250 g/mol. The van der Waals surface area contributed by atoms with Gasteiger partial charge in [0.15, 0.2) is 0 Å². The van der Waals surface area contributed by atoms with Gasteiger partial charge in [0.25, 0.3) is 0 Å². The summed E-state index contributed by atoms with van der Waals surface area (Å²) in [5.74, 6) is 0.564. The van der Waals surface area contributed by atoms with Crippen LogP contribution in [0.5, 0.6) is 5.88 Å². The van der Waals surface area contributed by atoms with E-state index in [4.69, 9.17) is 16.3 Å². The first-order chi connectivity index (χ1) is 8.74. The van der Waals surface area contributed by atoms with E-state index in [0.29, 0.717) is 19.0 Å². The van der Waals surface area contributed by atoms with Gasteiger partial charge in [0.1, 0.15) is 6.61 Å². The molecule has 0 atom stereocenters. The van der Waals surface area contributed by atoms with Crippen molar-refractivity contribution in [3.63, 3.8) is 0 Å². The SMILES string of the molecule is Cc1nc(Cl)nc2c1CNc1ccccc1CO2. The maximum Gasteiger partial charge on any atom is 0.225 e. The topological polar surface area (TPSA) is 47.0 Å². The standard InChI is InChI=1S/C13H12ClN3O/c1-8-10-6-15-11-5-3-2-4-9(11)7-18-12(10)17-13(14)16-8/h2-5,15H,6-7H2,1H3. The van der Waals surface area contributed by atoms with E-state index in [1.165, 1.54) is 0 Å². The van der Waals surface area contributed by atoms with Gasteiger partial charge >= 0.3 is 0 Å². The quantitative estimate of drug-likeness (QED) is 0.741. The Balaban J connectivity index is 2.01. The molecule has 0 amide bonds. The fourth-order valence-electron chi connectivity index (χ4n) is 2.01. The van der Waals surface area contributed by atoms with Crippen LogP contribution in [0.3, 0.4) is 0 Å². The van der Waals surface area contributed by atoms with E-state index in [-0.39, 0.29) is 5.28 Å². The average molecular weight is 262 g/mol. The van der Waals surface area contributed by atoms with Crippen molar-refractivity contribution in [2.24, 2.45) is 0 Å². The van der Waals surface area contributed by atoms with Gasteiger partial charge in [0.05, 0.1) is 11.3 Å². The summed E-state index contributed by atoms with van der Waals surface area (Å²) in [6.07, 6.45) is 0. The summed E-state index contributed by atoms with van der Waals surface area (Å²) in [6.45, 7) is 3.02. The Kier molecular flexibility index (Phi) is 2.80. The Hall–Kier alpha value is -1.81. The second-order valence-corrected chi connectivity index (χ2v) is 4.50. The lowest BCUT2D eigenvalue weighted by molar-refractivity contribution is 0.288. The minimum Gasteiger partial charge on any atom is -0.472 e. The van der Waals surface area contributed by atoms with Crippen molar-refractivity contribution in [3.8, 4) is 5.88 Å². The van der Waals surface area contributed by atoms with Crippen LogP contribution in [-0.4, -0.2) is 9.97 Å². The maximum absolute atomic E-state index is 5.85. The Morgan fingerprint density at radius 3 is 3.00 bits per heavy atom. The summed E-state index contributed by atoms with van der Waals surface area (Å²) >= 11 is 5.85. The fourth-order valence-corrected chi connectivity index (χ4v) is 2.21. The molecule has 0 saturated carbocycles. The summed E-state index contributed by atoms with van der Waals surface area (Å²) in [5, 5.41) is 3.60. The smallest absolute Gasteiger partial charge is 0.225 e. The molecule has 0 fully saturated rings. The zero-order valence-electron chi connectivity index (χ0n) is 9.90. The highest BCUT2D eigenvalue weighted by Gasteiger charge is 2.16. The monoisotopic (exact) mass is 261 g/mol. The van der Waals surface area contributed by atoms with Crippen LogP contribution in [0.25, 0.3) is 0 Å². The number of hydrogen-bond acceptors (Lipinski definition) is 4. The summed E-state index contributed by atoms with van der Waals surface area (Å²) in [4.78, 5) is 8.29. The largest absolute Gasteiger partial charge is 0.472 e. The number of nitrogens with zero attached hydrogens (tertiary/aromatic N) is 2. The van der Waals surface area contributed by atoms with E-state index in [1.54, 1.807) is 0 Å². The molecule has 1 aliphatic rings. The first-order valence-electron chi connectivity index (χ1n) is 5.71. The lowest BCUT2D eigenvalue weighted by Gasteiger charge is -2.19. The van der Waals surface area contributed by atoms with Gasteiger partial charge in [-0.1, -0.05) is 18.2 Å². The Morgan fingerprint density at radius 2 is 2.11 bits per heavy atom. The molecule has 1 aliphatic heterocycles. The van der Waals surface area contributed by atoms with E-state index in [0.717, 1.165) is 22.5 Å². The number of aromatic nitrogens is 2. The second kappa shape index (κ2) is 4.46. The zero-order chi connectivity index (χ0) is 12.5. The van der Waals surface area contributed by atoms with Crippen LogP contribution in [-0.2, 0) is 13.2 Å². The number of ether oxygens (including phenoxy) is 1. The number of para-hydroxylation sites is 1. The van der Waals surface area contributed by atoms with Crippen molar-refractivity contribution in [1.29, 1.82) is 0 Å². The number of aryl methyl sites for hydroxylation is 1. The number of rotatable bonds is 0. The molecule has 0 radical (unpaired) electrons. The normalized spacial score (nSPS) is 13.4. The number of nitrogens with one attached hydrogen (secondary N) is 1. The maximum atomic E-state index is 5.85. The van der Waals surface area contributed by atoms with Crippen LogP contribution in [0.15, 0.2) is 24.3 Å². The number of anilines is 1. The lowest BCUT2D eigenvalue weighted by Crippen LogP contribution is -2.13. The second-order valence-electron chi connectivity index (χ2n) is 4.16. The van der Waals surface area contributed by atoms with Gasteiger partial charge in [-0.05, 0) is 24.6 Å². The van der Waals surface area contributed by atoms with E-state index in [9.17, 15) is 0 Å². The third kappa shape index (κ3) is 1.99. The van der Waals surface area contributed by atoms with Gasteiger partial charge in [0.2, 0.25) is 11.2 Å². The summed E-state index contributed by atoms with van der Waals surface area (Å²) in [6, 6.07) is 8.06. The molecule has 0 aliphatic carbocycles. The molecule has 1 N–H and O–H groups in total. The van der Waals surface area contributed by atoms with Crippen molar-refractivity contribution in [2.75, 3.05) is 5.32 Å². The van der Waals surface area contributed by atoms with Crippen LogP contribution in [0.4, 0.5) is 5.69 Å². The van der Waals surface area contributed by atoms with Gasteiger partial charge in [-0.25, -0.2) is 4.98 Å². The Labute approximate surface area is 110 Å². The molecule has 92 valence electrons. The highest BCUT2D eigenvalue weighted by molar-refractivity contribution is 6.28. The molecule has 2 heterocycles. The predicted molar refractivity (Wildman–Crippen MR) is 69.9 cm³/mol. The Morgan fingerprint density at radius 1 is 1.28 bits per heavy atom. The minimum atomic E-state index is 0.222. The van der Waals surface area contributed by atoms with Gasteiger partial charge < -0.3 is 10.1 Å². The van der Waals surface area contributed by atoms with Crippen molar-refractivity contribution in [2.45, 2.75) is 20.1 Å². The zero-order valence-corrected chi connectivity index (χ0v) is 10.7. The molecule has 0 spiro atoms. The highest BCUT2D eigenvalue weighted by atomic mass is 35.5. The number of halogens is 1. The first kappa shape index (κ1) is 11.3. The van der Waals surface area contributed by atoms with Crippen LogP contribution >= 0.6 is 11.6 Å². The first-order valence-corrected chi connectivity index (χ1v) is 6.09. The van der Waals surface area contributed by atoms with E-state index in [1.807, 2.05) is 31.2 Å². The van der Waals surface area contributed by atoms with Crippen LogP contribution < -0.4 is 10.1 Å². The van der Waals surface area contributed by atoms with Crippen molar-refractivity contribution >= 4 is 17.3 Å². The molecule has 0 bridgehead atoms. The molecular formula is C13H12ClN3O. The van der Waals surface area contributed by atoms with Crippen LogP contribution in [0.1, 0.15) is 16.8 Å². The molecule has 4 nitrogen and oxygen atoms in total. The average Bonchev–Trinajstić information content (AvgIpc) is 2.33. The number of benzene rings is 1. The van der Waals surface area contributed by atoms with E-state index >= 15 is 0 Å². The van der Waals surface area contributed by atoms with Gasteiger partial charge in [-0.3, -0.25) is 0 Å². The van der Waals surface area contributed by atoms with Crippen molar-refractivity contribution < 1.29 is 4.74 Å². The van der Waals surface area contributed by atoms with Gasteiger partial charge in [-0.2, -0.15) is 4.98 Å². The molecule has 18 heavy (non-hydrogen) atoms. The third-order valence-corrected chi connectivity index (χ3v) is 3.16. The van der Waals surface area contributed by atoms with Crippen molar-refractivity contribution in [1.82, 2.24) is 9.97 Å². The molecule has 1 aromatic carbocycles. The molecule has 1 aromatic heterocycles. The van der Waals surface area contributed by atoms with E-state index in [2.05, 4.69) is 15.3 Å². The van der Waals surface area contributed by atoms with E-state index < -0.39 is 0 Å². The Bertz CT molecular complexity index is 601. The minimum absolute atomic E-state index is 0.222. The predicted octanol–water partition coefficient (Wildman–Crippen LogP) is 2.94. The summed E-state index contributed by atoms with van der Waals surface area (Å²) < 4.78 is 5.74. The van der Waals surface area contributed by atoms with Crippen LogP contribution in [0.2, 0.25) is 5.28 Å². The number of hydrogen-bond donors (Lipinski definition) is 1. The third-order valence-electron chi connectivity index (χ3n) is 2.99. The molecule has 2 aromatic rings. The summed E-state index contributed by atoms with van der Waals surface area (Å²) in [5.41, 5.74) is 3.99. The molecule has 0 saturated heterocycles. The molecule has 0 unspecified atom stereocenters. The lowest BCUT2D eigenvalue weighted by atomic mass is 10.1.